The first-order valence-corrected chi connectivity index (χ1v) is 5.83. The number of rotatable bonds is 2. The summed E-state index contributed by atoms with van der Waals surface area (Å²) >= 11 is 0. The van der Waals surface area contributed by atoms with E-state index in [0.29, 0.717) is 6.54 Å². The topological polar surface area (TPSA) is 26.0 Å². The van der Waals surface area contributed by atoms with Crippen LogP contribution in [0.2, 0.25) is 0 Å². The van der Waals surface area contributed by atoms with Crippen LogP contribution in [0.5, 0.6) is 0 Å². The number of benzene rings is 2. The largest absolute Gasteiger partial charge is 1.00 e. The number of fused-ring (bicyclic) bond motifs is 1. The van der Waals surface area contributed by atoms with E-state index in [0.717, 1.165) is 0 Å². The van der Waals surface area contributed by atoms with Crippen molar-refractivity contribution in [3.63, 3.8) is 0 Å². The maximum atomic E-state index is 5.81. The van der Waals surface area contributed by atoms with Gasteiger partial charge in [0, 0.05) is 32.4 Å². The zero-order valence-corrected chi connectivity index (χ0v) is 15.9. The standard InChI is InChI=1S/C16H14N.2ClH.Hf/c17-11-13-5-1-2-8-15(13)16-10-4-7-12-6-3-9-14(12)16;;;/h1-10H,11,17H2;2*1H;/q-1;;;/p-2. The molecular weight excluding hydrogens is 456 g/mol. The van der Waals surface area contributed by atoms with Crippen molar-refractivity contribution in [2.75, 3.05) is 0 Å². The fourth-order valence-corrected chi connectivity index (χ4v) is 2.36. The maximum Gasteiger partial charge on any atom is 0.0184 e. The predicted molar refractivity (Wildman–Crippen MR) is 72.9 cm³/mol. The molecule has 0 spiro atoms. The van der Waals surface area contributed by atoms with Gasteiger partial charge in [-0.05, 0) is 11.1 Å². The van der Waals surface area contributed by atoms with Crippen LogP contribution in [0.4, 0.5) is 0 Å². The minimum atomic E-state index is 0. The van der Waals surface area contributed by atoms with Crippen LogP contribution in [0.1, 0.15) is 5.56 Å². The Hall–Kier alpha value is -0.540. The van der Waals surface area contributed by atoms with Gasteiger partial charge in [-0.1, -0.05) is 35.9 Å². The van der Waals surface area contributed by atoms with E-state index in [1.807, 2.05) is 6.07 Å². The molecule has 3 aromatic rings. The first-order chi connectivity index (χ1) is 8.40. The number of hydrogen-bond acceptors (Lipinski definition) is 1. The molecule has 2 N–H and O–H groups in total. The fourth-order valence-electron chi connectivity index (χ4n) is 2.36. The summed E-state index contributed by atoms with van der Waals surface area (Å²) in [4.78, 5) is 0. The summed E-state index contributed by atoms with van der Waals surface area (Å²) in [6.07, 6.45) is 0. The van der Waals surface area contributed by atoms with Gasteiger partial charge < -0.3 is 30.5 Å². The van der Waals surface area contributed by atoms with E-state index in [1.54, 1.807) is 0 Å². The molecule has 0 aliphatic heterocycles. The quantitative estimate of drug-likeness (QED) is 0.331. The smallest absolute Gasteiger partial charge is 0.0184 e. The monoisotopic (exact) mass is 470 g/mol. The molecule has 0 radical (unpaired) electrons. The number of halogens is 2. The number of nitrogens with two attached hydrogens (primary N) is 1. The molecule has 0 bridgehead atoms. The van der Waals surface area contributed by atoms with Gasteiger partial charge in [-0.15, -0.1) is 29.0 Å². The molecule has 0 saturated carbocycles. The van der Waals surface area contributed by atoms with Gasteiger partial charge in [0.2, 0.25) is 0 Å². The van der Waals surface area contributed by atoms with Crippen molar-refractivity contribution in [3.05, 3.63) is 66.2 Å². The molecule has 3 rings (SSSR count). The van der Waals surface area contributed by atoms with Gasteiger partial charge in [0.05, 0.1) is 0 Å². The summed E-state index contributed by atoms with van der Waals surface area (Å²) in [6, 6.07) is 21.2. The Morgan fingerprint density at radius 2 is 1.55 bits per heavy atom. The van der Waals surface area contributed by atoms with Crippen molar-refractivity contribution in [1.82, 2.24) is 0 Å². The zero-order chi connectivity index (χ0) is 11.7. The summed E-state index contributed by atoms with van der Waals surface area (Å²) < 4.78 is 0. The molecule has 0 unspecified atom stereocenters. The average Bonchev–Trinajstić information content (AvgIpc) is 2.86. The minimum absolute atomic E-state index is 0. The molecule has 104 valence electrons. The van der Waals surface area contributed by atoms with Crippen molar-refractivity contribution >= 4 is 10.8 Å². The maximum absolute atomic E-state index is 5.81. The Balaban J connectivity index is 0.00000120. The van der Waals surface area contributed by atoms with Crippen LogP contribution < -0.4 is 30.5 Å². The van der Waals surface area contributed by atoms with E-state index in [4.69, 9.17) is 5.73 Å². The minimum Gasteiger partial charge on any atom is -1.00 e. The van der Waals surface area contributed by atoms with E-state index in [2.05, 4.69) is 54.6 Å². The summed E-state index contributed by atoms with van der Waals surface area (Å²) in [7, 11) is 0. The Kier molecular flexibility index (Phi) is 8.45. The van der Waals surface area contributed by atoms with Gasteiger partial charge >= 0.3 is 0 Å². The summed E-state index contributed by atoms with van der Waals surface area (Å²) in [5.74, 6) is 0. The van der Waals surface area contributed by atoms with E-state index >= 15 is 0 Å². The third kappa shape index (κ3) is 3.56. The fraction of sp³-hybridized carbons (Fsp3) is 0.0625. The van der Waals surface area contributed by atoms with Gasteiger partial charge in [0.25, 0.3) is 0 Å². The Morgan fingerprint density at radius 3 is 2.30 bits per heavy atom. The van der Waals surface area contributed by atoms with Crippen LogP contribution in [-0.2, 0) is 32.4 Å². The molecule has 4 heteroatoms. The van der Waals surface area contributed by atoms with Gasteiger partial charge in [0.15, 0.2) is 0 Å². The molecule has 0 heterocycles. The second-order valence-corrected chi connectivity index (χ2v) is 4.20. The van der Waals surface area contributed by atoms with E-state index in [1.165, 1.54) is 27.5 Å². The molecule has 20 heavy (non-hydrogen) atoms. The first-order valence-electron chi connectivity index (χ1n) is 5.83. The molecule has 0 aliphatic rings. The second kappa shape index (κ2) is 8.68. The molecule has 0 aliphatic carbocycles. The SMILES string of the molecule is NCc1ccccc1-c1cccc2[cH-]ccc12.[Cl-].[Cl-].[Hf]. The third-order valence-electron chi connectivity index (χ3n) is 3.21. The van der Waals surface area contributed by atoms with Crippen molar-refractivity contribution in [1.29, 1.82) is 0 Å². The average molecular weight is 470 g/mol. The van der Waals surface area contributed by atoms with Crippen LogP contribution in [-0.4, -0.2) is 0 Å². The van der Waals surface area contributed by atoms with Crippen LogP contribution >= 0.6 is 0 Å². The first kappa shape index (κ1) is 19.5. The van der Waals surface area contributed by atoms with Crippen LogP contribution in [0.3, 0.4) is 0 Å². The molecule has 0 saturated heterocycles. The summed E-state index contributed by atoms with van der Waals surface area (Å²) in [5, 5.41) is 2.59. The van der Waals surface area contributed by atoms with Crippen LogP contribution in [0.25, 0.3) is 21.9 Å². The van der Waals surface area contributed by atoms with Crippen molar-refractivity contribution < 1.29 is 50.7 Å². The molecule has 0 aromatic heterocycles. The van der Waals surface area contributed by atoms with Gasteiger partial charge in [0.1, 0.15) is 0 Å². The Bertz CT molecular complexity index is 664. The predicted octanol–water partition coefficient (Wildman–Crippen LogP) is -2.31. The zero-order valence-electron chi connectivity index (χ0n) is 10.8. The summed E-state index contributed by atoms with van der Waals surface area (Å²) in [5.41, 5.74) is 9.52. The molecule has 3 aromatic carbocycles. The van der Waals surface area contributed by atoms with E-state index in [-0.39, 0.29) is 50.7 Å². The Morgan fingerprint density at radius 1 is 0.850 bits per heavy atom. The van der Waals surface area contributed by atoms with Gasteiger partial charge in [-0.3, -0.25) is 0 Å². The summed E-state index contributed by atoms with van der Waals surface area (Å²) in [6.45, 7) is 0.577. The molecule has 0 amide bonds. The van der Waals surface area contributed by atoms with Gasteiger partial charge in [-0.2, -0.15) is 12.1 Å². The molecule has 0 fully saturated rings. The van der Waals surface area contributed by atoms with E-state index in [9.17, 15) is 0 Å². The third-order valence-corrected chi connectivity index (χ3v) is 3.21. The molecular formula is C16H14Cl2HfN-3. The van der Waals surface area contributed by atoms with Crippen LogP contribution in [0, 0.1) is 0 Å². The second-order valence-electron chi connectivity index (χ2n) is 4.20. The normalized spacial score (nSPS) is 9.25. The Labute approximate surface area is 150 Å². The molecule has 0 atom stereocenters. The molecule has 1 nitrogen and oxygen atoms in total. The van der Waals surface area contributed by atoms with Crippen LogP contribution in [0.15, 0.2) is 60.7 Å². The van der Waals surface area contributed by atoms with Crippen molar-refractivity contribution in [2.24, 2.45) is 5.73 Å². The van der Waals surface area contributed by atoms with Crippen molar-refractivity contribution in [2.45, 2.75) is 6.54 Å². The number of hydrogen-bond donors (Lipinski definition) is 1. The van der Waals surface area contributed by atoms with Crippen molar-refractivity contribution in [3.8, 4) is 11.1 Å². The van der Waals surface area contributed by atoms with Gasteiger partial charge in [-0.25, -0.2) is 0 Å². The van der Waals surface area contributed by atoms with E-state index < -0.39 is 0 Å².